The molecular weight excluding hydrogens is 248 g/mol. The number of halogens is 1. The van der Waals surface area contributed by atoms with Crippen LogP contribution in [0.1, 0.15) is 0 Å². The molecule has 0 aliphatic heterocycles. The Morgan fingerprint density at radius 1 is 1.50 bits per heavy atom. The molecule has 1 aromatic carbocycles. The summed E-state index contributed by atoms with van der Waals surface area (Å²) in [5.74, 6) is 0.0706. The normalized spacial score (nSPS) is 12.1. The highest BCUT2D eigenvalue weighted by Gasteiger charge is 2.10. The third-order valence-corrected chi connectivity index (χ3v) is 2.28. The van der Waals surface area contributed by atoms with Crippen molar-refractivity contribution in [3.8, 4) is 5.75 Å². The van der Waals surface area contributed by atoms with Crippen LogP contribution in [0.4, 0.5) is 0 Å². The van der Waals surface area contributed by atoms with E-state index in [0.717, 1.165) is 4.47 Å². The van der Waals surface area contributed by atoms with Crippen LogP contribution in [0.3, 0.4) is 0 Å². The lowest BCUT2D eigenvalue weighted by Gasteiger charge is -2.10. The minimum Gasteiger partial charge on any atom is -0.490 e. The summed E-state index contributed by atoms with van der Waals surface area (Å²) < 4.78 is 6.10. The number of amides is 1. The second-order valence-electron chi connectivity index (χ2n) is 2.75. The van der Waals surface area contributed by atoms with Gasteiger partial charge in [-0.05, 0) is 28.1 Å². The van der Waals surface area contributed by atoms with Gasteiger partial charge >= 0.3 is 0 Å². The smallest absolute Gasteiger partial charge is 0.237 e. The molecule has 0 heterocycles. The molecule has 0 bridgehead atoms. The Morgan fingerprint density at radius 3 is 2.71 bits per heavy atom. The summed E-state index contributed by atoms with van der Waals surface area (Å²) in [6, 6.07) is 6.53. The maximum Gasteiger partial charge on any atom is 0.237 e. The first-order valence-electron chi connectivity index (χ1n) is 4.03. The molecular formula is C9H11BrN2O2. The van der Waals surface area contributed by atoms with Gasteiger partial charge in [-0.25, -0.2) is 0 Å². The van der Waals surface area contributed by atoms with Crippen LogP contribution in [0, 0.1) is 0 Å². The molecule has 76 valence electrons. The largest absolute Gasteiger partial charge is 0.490 e. The number of hydrogen-bond acceptors (Lipinski definition) is 3. The average Bonchev–Trinajstić information content (AvgIpc) is 2.16. The van der Waals surface area contributed by atoms with Crippen molar-refractivity contribution in [2.24, 2.45) is 11.5 Å². The molecule has 0 saturated heterocycles. The molecule has 1 atom stereocenters. The number of benzene rings is 1. The van der Waals surface area contributed by atoms with Crippen LogP contribution < -0.4 is 16.2 Å². The fraction of sp³-hybridized carbons (Fsp3) is 0.222. The van der Waals surface area contributed by atoms with Gasteiger partial charge in [0.1, 0.15) is 18.4 Å². The molecule has 4 nitrogen and oxygen atoms in total. The molecule has 0 spiro atoms. The van der Waals surface area contributed by atoms with E-state index >= 15 is 0 Å². The molecule has 4 N–H and O–H groups in total. The van der Waals surface area contributed by atoms with Crippen LogP contribution in [-0.4, -0.2) is 18.6 Å². The van der Waals surface area contributed by atoms with E-state index in [2.05, 4.69) is 15.9 Å². The van der Waals surface area contributed by atoms with Gasteiger partial charge in [0, 0.05) is 0 Å². The summed E-state index contributed by atoms with van der Waals surface area (Å²) in [6.45, 7) is 0.0813. The predicted octanol–water partition coefficient (Wildman–Crippen LogP) is 0.641. The Hall–Kier alpha value is -1.07. The first-order chi connectivity index (χ1) is 6.61. The van der Waals surface area contributed by atoms with E-state index in [1.54, 1.807) is 6.07 Å². The van der Waals surface area contributed by atoms with Gasteiger partial charge in [0.2, 0.25) is 5.91 Å². The maximum atomic E-state index is 10.6. The molecule has 1 unspecified atom stereocenters. The third kappa shape index (κ3) is 3.01. The zero-order valence-electron chi connectivity index (χ0n) is 7.44. The molecule has 0 saturated carbocycles. The highest BCUT2D eigenvalue weighted by atomic mass is 79.9. The van der Waals surface area contributed by atoms with E-state index in [9.17, 15) is 4.79 Å². The van der Waals surface area contributed by atoms with Crippen molar-refractivity contribution >= 4 is 21.8 Å². The van der Waals surface area contributed by atoms with Gasteiger partial charge in [-0.3, -0.25) is 4.79 Å². The van der Waals surface area contributed by atoms with Crippen LogP contribution in [-0.2, 0) is 4.79 Å². The zero-order valence-corrected chi connectivity index (χ0v) is 9.03. The molecule has 0 aliphatic carbocycles. The van der Waals surface area contributed by atoms with Crippen molar-refractivity contribution in [3.63, 3.8) is 0 Å². The Morgan fingerprint density at radius 2 is 2.14 bits per heavy atom. The third-order valence-electron chi connectivity index (χ3n) is 1.62. The summed E-state index contributed by atoms with van der Waals surface area (Å²) in [5.41, 5.74) is 10.4. The molecule has 0 aromatic heterocycles. The molecule has 5 heteroatoms. The van der Waals surface area contributed by atoms with Crippen LogP contribution in [0.25, 0.3) is 0 Å². The predicted molar refractivity (Wildman–Crippen MR) is 56.8 cm³/mol. The fourth-order valence-electron chi connectivity index (χ4n) is 0.823. The van der Waals surface area contributed by atoms with E-state index in [1.807, 2.05) is 18.2 Å². The molecule has 14 heavy (non-hydrogen) atoms. The van der Waals surface area contributed by atoms with E-state index < -0.39 is 11.9 Å². The average molecular weight is 259 g/mol. The molecule has 0 aliphatic rings. The number of rotatable bonds is 4. The van der Waals surface area contributed by atoms with Gasteiger partial charge in [-0.2, -0.15) is 0 Å². The first kappa shape index (κ1) is 11.0. The van der Waals surface area contributed by atoms with Crippen LogP contribution in [0.15, 0.2) is 28.7 Å². The van der Waals surface area contributed by atoms with Crippen LogP contribution in [0.2, 0.25) is 0 Å². The van der Waals surface area contributed by atoms with Gasteiger partial charge in [-0.15, -0.1) is 0 Å². The monoisotopic (exact) mass is 258 g/mol. The SMILES string of the molecule is NC(=O)C(N)COc1ccccc1Br. The topological polar surface area (TPSA) is 78.3 Å². The van der Waals surface area contributed by atoms with E-state index in [1.165, 1.54) is 0 Å². The van der Waals surface area contributed by atoms with Gasteiger partial charge in [-0.1, -0.05) is 12.1 Å². The van der Waals surface area contributed by atoms with Gasteiger partial charge in [0.25, 0.3) is 0 Å². The lowest BCUT2D eigenvalue weighted by atomic mass is 10.3. The lowest BCUT2D eigenvalue weighted by molar-refractivity contribution is -0.119. The van der Waals surface area contributed by atoms with Crippen molar-refractivity contribution in [2.75, 3.05) is 6.61 Å². The van der Waals surface area contributed by atoms with Crippen molar-refractivity contribution in [3.05, 3.63) is 28.7 Å². The van der Waals surface area contributed by atoms with Gasteiger partial charge in [0.05, 0.1) is 4.47 Å². The molecule has 1 aromatic rings. The number of ether oxygens (including phenoxy) is 1. The zero-order chi connectivity index (χ0) is 10.6. The van der Waals surface area contributed by atoms with Crippen molar-refractivity contribution < 1.29 is 9.53 Å². The number of primary amides is 1. The van der Waals surface area contributed by atoms with Gasteiger partial charge < -0.3 is 16.2 Å². The Labute approximate surface area is 90.3 Å². The minimum absolute atomic E-state index is 0.0813. The highest BCUT2D eigenvalue weighted by molar-refractivity contribution is 9.10. The molecule has 0 fully saturated rings. The standard InChI is InChI=1S/C9H11BrN2O2/c10-6-3-1-2-4-8(6)14-5-7(11)9(12)13/h1-4,7H,5,11H2,(H2,12,13). The number of para-hydroxylation sites is 1. The van der Waals surface area contributed by atoms with Gasteiger partial charge in [0.15, 0.2) is 0 Å². The number of carbonyl (C=O) groups is 1. The Kier molecular flexibility index (Phi) is 3.91. The minimum atomic E-state index is -0.776. The molecule has 0 radical (unpaired) electrons. The number of carbonyl (C=O) groups excluding carboxylic acids is 1. The first-order valence-corrected chi connectivity index (χ1v) is 4.83. The Bertz CT molecular complexity index is 330. The fourth-order valence-corrected chi connectivity index (χ4v) is 1.22. The van der Waals surface area contributed by atoms with E-state index in [4.69, 9.17) is 16.2 Å². The second-order valence-corrected chi connectivity index (χ2v) is 3.60. The number of nitrogens with two attached hydrogens (primary N) is 2. The lowest BCUT2D eigenvalue weighted by Crippen LogP contribution is -2.41. The van der Waals surface area contributed by atoms with E-state index in [0.29, 0.717) is 5.75 Å². The maximum absolute atomic E-state index is 10.6. The quantitative estimate of drug-likeness (QED) is 0.832. The van der Waals surface area contributed by atoms with Crippen molar-refractivity contribution in [1.29, 1.82) is 0 Å². The van der Waals surface area contributed by atoms with Crippen LogP contribution >= 0.6 is 15.9 Å². The van der Waals surface area contributed by atoms with E-state index in [-0.39, 0.29) is 6.61 Å². The van der Waals surface area contributed by atoms with Crippen molar-refractivity contribution in [1.82, 2.24) is 0 Å². The highest BCUT2D eigenvalue weighted by Crippen LogP contribution is 2.23. The van der Waals surface area contributed by atoms with Crippen LogP contribution in [0.5, 0.6) is 5.75 Å². The second kappa shape index (κ2) is 4.97. The molecule has 1 rings (SSSR count). The summed E-state index contributed by atoms with van der Waals surface area (Å²) in [4.78, 5) is 10.6. The summed E-state index contributed by atoms with van der Waals surface area (Å²) in [5, 5.41) is 0. The molecule has 1 amide bonds. The summed E-state index contributed by atoms with van der Waals surface area (Å²) in [7, 11) is 0. The summed E-state index contributed by atoms with van der Waals surface area (Å²) >= 11 is 3.30. The summed E-state index contributed by atoms with van der Waals surface area (Å²) in [6.07, 6.45) is 0. The van der Waals surface area contributed by atoms with Crippen molar-refractivity contribution in [2.45, 2.75) is 6.04 Å². The Balaban J connectivity index is 2.54. The number of hydrogen-bond donors (Lipinski definition) is 2.